The minimum Gasteiger partial charge on any atom is -0.445 e. The Bertz CT molecular complexity index is 3590. The van der Waals surface area contributed by atoms with Gasteiger partial charge in [-0.2, -0.15) is 0 Å². The zero-order chi connectivity index (χ0) is 67.7. The van der Waals surface area contributed by atoms with Gasteiger partial charge in [0.25, 0.3) is 5.91 Å². The molecule has 20 nitrogen and oxygen atoms in total. The number of benzene rings is 6. The molecule has 20 heteroatoms. The van der Waals surface area contributed by atoms with Crippen LogP contribution in [0, 0.1) is 23.7 Å². The van der Waals surface area contributed by atoms with Gasteiger partial charge in [-0.3, -0.25) is 38.4 Å². The Morgan fingerprint density at radius 3 is 1.26 bits per heavy atom. The number of hydrogen-bond acceptors (Lipinski definition) is 13. The van der Waals surface area contributed by atoms with Crippen molar-refractivity contribution in [2.45, 2.75) is 174 Å². The molecule has 0 radical (unpaired) electrons. The molecule has 94 heavy (non-hydrogen) atoms. The summed E-state index contributed by atoms with van der Waals surface area (Å²) in [6.07, 6.45) is 3.72. The molecule has 2 aliphatic rings. The van der Waals surface area contributed by atoms with E-state index in [2.05, 4.69) is 37.2 Å². The summed E-state index contributed by atoms with van der Waals surface area (Å²) in [5.41, 5.74) is 3.23. The van der Waals surface area contributed by atoms with Gasteiger partial charge in [0.15, 0.2) is 0 Å². The van der Waals surface area contributed by atoms with Crippen molar-refractivity contribution in [3.05, 3.63) is 168 Å². The third-order valence-corrected chi connectivity index (χ3v) is 16.6. The van der Waals surface area contributed by atoms with Gasteiger partial charge in [0.05, 0.1) is 12.1 Å². The van der Waals surface area contributed by atoms with Gasteiger partial charge in [-0.1, -0.05) is 173 Å². The maximum absolute atomic E-state index is 14.0. The fourth-order valence-corrected chi connectivity index (χ4v) is 11.9. The smallest absolute Gasteiger partial charge is 0.408 e. The normalized spacial score (nSPS) is 16.3. The molecular formula is C74H89N7O13. The van der Waals surface area contributed by atoms with Crippen LogP contribution < -0.4 is 37.2 Å². The van der Waals surface area contributed by atoms with Gasteiger partial charge in [-0.15, -0.1) is 0 Å². The Hall–Kier alpha value is -9.59. The molecule has 2 fully saturated rings. The van der Waals surface area contributed by atoms with Crippen LogP contribution in [0.1, 0.15) is 128 Å². The van der Waals surface area contributed by atoms with E-state index < -0.39 is 89.7 Å². The van der Waals surface area contributed by atoms with E-state index in [-0.39, 0.29) is 80.7 Å². The van der Waals surface area contributed by atoms with Gasteiger partial charge >= 0.3 is 12.2 Å². The molecule has 0 saturated heterocycles. The maximum atomic E-state index is 14.0. The molecule has 2 saturated carbocycles. The summed E-state index contributed by atoms with van der Waals surface area (Å²) in [4.78, 5) is 143. The number of rotatable bonds is 30. The number of ketones is 3. The highest BCUT2D eigenvalue weighted by Crippen LogP contribution is 2.28. The van der Waals surface area contributed by atoms with Crippen molar-refractivity contribution < 1.29 is 62.2 Å². The monoisotopic (exact) mass is 1280 g/mol. The van der Waals surface area contributed by atoms with E-state index in [1.54, 1.807) is 13.8 Å². The van der Waals surface area contributed by atoms with E-state index >= 15 is 0 Å². The van der Waals surface area contributed by atoms with E-state index in [4.69, 9.17) is 9.47 Å². The molecule has 2 aliphatic carbocycles. The van der Waals surface area contributed by atoms with Gasteiger partial charge in [0, 0.05) is 43.6 Å². The fraction of sp³-hybridized carbons (Fsp3) is 0.419. The Kier molecular flexibility index (Phi) is 27.5. The van der Waals surface area contributed by atoms with Crippen LogP contribution in [0.25, 0.3) is 21.5 Å². The number of fused-ring (bicyclic) bond motifs is 2. The van der Waals surface area contributed by atoms with Crippen LogP contribution in [-0.2, 0) is 78.7 Å². The number of nitrogens with one attached hydrogen (secondary N) is 7. The first kappa shape index (κ1) is 71.8. The SMILES string of the molecule is CC(C)C[C@H](NC(=O)[C@H](Cc1cccc2ccccc12)NC(=O)OCc1ccccc1)C(=O)N[C@@H](C[C@@H]1CCCC1=O)C(=O)C(=O)NC(C)C.CC(C)C[C@H](NC(=O)[C@H](Cc1cccc2ccccc12)NC(=O)OCc1ccccc1)C(=O)N[C@H](C=O)C[C@@H]1CCCC1=O. The Balaban J connectivity index is 0.000000268. The fourth-order valence-electron chi connectivity index (χ4n) is 11.9. The standard InChI is InChI=1S/C39H48N4O7.C35H41N3O6/c1-24(2)20-32(36(46)41-31(22-29-17-11-19-34(29)44)35(45)38(48)40-25(3)4)42-37(47)33(43-39(49)50-23-26-12-6-5-7-13-26)21-28-16-10-15-27-14-8-9-18-30(27)28;1-23(2)18-30(33(41)36-28(21-39)19-27-15-9-17-32(27)40)37-34(42)31(38-35(43)44-22-24-10-4-3-5-11-24)20-26-14-8-13-25-12-6-7-16-29(25)26/h5-10,12-16,18,24-25,29,31-33H,11,17,19-23H2,1-4H3,(H,40,48)(H,41,46)(H,42,47)(H,43,49);3-8,10-14,16,21,23,27-28,30-31H,9,15,17-20,22H2,1-2H3,(H,36,41)(H,37,42)(H,38,43)/t29-,31-,32-,33-;27-,28-,30-,31-/m00/s1. The second-order valence-corrected chi connectivity index (χ2v) is 25.5. The maximum Gasteiger partial charge on any atom is 0.408 e. The summed E-state index contributed by atoms with van der Waals surface area (Å²) in [5.74, 6) is -4.66. The molecule has 6 aromatic rings. The average Bonchev–Trinajstić information content (AvgIpc) is 1.01. The van der Waals surface area contributed by atoms with Crippen LogP contribution in [0.5, 0.6) is 0 Å². The number of aldehydes is 1. The summed E-state index contributed by atoms with van der Waals surface area (Å²) < 4.78 is 10.9. The van der Waals surface area contributed by atoms with Crippen molar-refractivity contribution in [2.75, 3.05) is 0 Å². The topological polar surface area (TPSA) is 290 Å². The van der Waals surface area contributed by atoms with Crippen molar-refractivity contribution in [3.63, 3.8) is 0 Å². The number of amides is 7. The summed E-state index contributed by atoms with van der Waals surface area (Å²) in [5, 5.41) is 22.8. The largest absolute Gasteiger partial charge is 0.445 e. The third-order valence-electron chi connectivity index (χ3n) is 16.6. The molecule has 0 bridgehead atoms. The molecule has 0 aromatic heterocycles. The molecule has 0 heterocycles. The van der Waals surface area contributed by atoms with Crippen LogP contribution in [0.2, 0.25) is 0 Å². The van der Waals surface area contributed by atoms with Gasteiger partial charge in [-0.05, 0) is 121 Å². The number of hydrogen-bond donors (Lipinski definition) is 7. The molecule has 0 unspecified atom stereocenters. The van der Waals surface area contributed by atoms with Gasteiger partial charge < -0.3 is 51.5 Å². The van der Waals surface area contributed by atoms with Crippen LogP contribution in [0.15, 0.2) is 146 Å². The summed E-state index contributed by atoms with van der Waals surface area (Å²) in [6, 6.07) is 38.6. The molecular weight excluding hydrogens is 1190 g/mol. The summed E-state index contributed by atoms with van der Waals surface area (Å²) >= 11 is 0. The van der Waals surface area contributed by atoms with Crippen LogP contribution >= 0.6 is 0 Å². The minimum atomic E-state index is -1.25. The van der Waals surface area contributed by atoms with Crippen LogP contribution in [0.3, 0.4) is 0 Å². The van der Waals surface area contributed by atoms with Crippen LogP contribution in [-0.4, -0.2) is 108 Å². The number of carbonyl (C=O) groups excluding carboxylic acids is 11. The van der Waals surface area contributed by atoms with Gasteiger partial charge in [-0.25, -0.2) is 9.59 Å². The molecule has 7 amide bonds. The van der Waals surface area contributed by atoms with Gasteiger partial charge in [0.2, 0.25) is 29.4 Å². The number of Topliss-reactive ketones (excluding diaryl/α,β-unsaturated/α-hetero) is 3. The molecule has 498 valence electrons. The lowest BCUT2D eigenvalue weighted by molar-refractivity contribution is -0.141. The summed E-state index contributed by atoms with van der Waals surface area (Å²) in [6.45, 7) is 11.1. The molecule has 0 spiro atoms. The first-order chi connectivity index (χ1) is 45.1. The van der Waals surface area contributed by atoms with Crippen molar-refractivity contribution >= 4 is 86.9 Å². The second kappa shape index (κ2) is 36.0. The van der Waals surface area contributed by atoms with E-state index in [0.717, 1.165) is 50.2 Å². The average molecular weight is 1280 g/mol. The van der Waals surface area contributed by atoms with Crippen molar-refractivity contribution in [1.82, 2.24) is 37.2 Å². The van der Waals surface area contributed by atoms with Crippen LogP contribution in [0.4, 0.5) is 9.59 Å². The lowest BCUT2D eigenvalue weighted by atomic mass is 9.93. The molecule has 6 aromatic carbocycles. The molecule has 8 atom stereocenters. The van der Waals surface area contributed by atoms with E-state index in [1.807, 2.05) is 173 Å². The van der Waals surface area contributed by atoms with Gasteiger partial charge in [0.1, 0.15) is 55.2 Å². The minimum absolute atomic E-state index is 0.00302. The third kappa shape index (κ3) is 22.3. The Morgan fingerprint density at radius 2 is 0.840 bits per heavy atom. The Morgan fingerprint density at radius 1 is 0.447 bits per heavy atom. The number of carbonyl (C=O) groups is 11. The number of alkyl carbamates (subject to hydrolysis) is 2. The first-order valence-corrected chi connectivity index (χ1v) is 32.6. The second-order valence-electron chi connectivity index (χ2n) is 25.5. The highest BCUT2D eigenvalue weighted by Gasteiger charge is 2.37. The Labute approximate surface area is 549 Å². The van der Waals surface area contributed by atoms with E-state index in [0.29, 0.717) is 44.8 Å². The van der Waals surface area contributed by atoms with E-state index in [9.17, 15) is 52.7 Å². The summed E-state index contributed by atoms with van der Waals surface area (Å²) in [7, 11) is 0. The highest BCUT2D eigenvalue weighted by molar-refractivity contribution is 6.38. The molecule has 0 aliphatic heterocycles. The lowest BCUT2D eigenvalue weighted by Crippen LogP contribution is -2.57. The predicted molar refractivity (Wildman–Crippen MR) is 357 cm³/mol. The first-order valence-electron chi connectivity index (χ1n) is 32.6. The molecule has 7 N–H and O–H groups in total. The van der Waals surface area contributed by atoms with Crippen molar-refractivity contribution in [3.8, 4) is 0 Å². The van der Waals surface area contributed by atoms with E-state index in [1.165, 1.54) is 0 Å². The number of ether oxygens (including phenoxy) is 2. The van der Waals surface area contributed by atoms with Crippen molar-refractivity contribution in [1.29, 1.82) is 0 Å². The zero-order valence-electron chi connectivity index (χ0n) is 54.5. The van der Waals surface area contributed by atoms with Crippen molar-refractivity contribution in [2.24, 2.45) is 23.7 Å². The quantitative estimate of drug-likeness (QED) is 0.0164. The lowest BCUT2D eigenvalue weighted by Gasteiger charge is -2.27. The zero-order valence-corrected chi connectivity index (χ0v) is 54.5. The molecule has 8 rings (SSSR count). The predicted octanol–water partition coefficient (Wildman–Crippen LogP) is 9.20. The highest BCUT2D eigenvalue weighted by atomic mass is 16.6.